The van der Waals surface area contributed by atoms with Crippen LogP contribution in [0, 0.1) is 0 Å². The number of fused-ring (bicyclic) bond motifs is 1. The van der Waals surface area contributed by atoms with Crippen molar-refractivity contribution in [1.82, 2.24) is 15.5 Å². The molecule has 0 atom stereocenters. The predicted octanol–water partition coefficient (Wildman–Crippen LogP) is 2.33. The van der Waals surface area contributed by atoms with Crippen LogP contribution < -0.4 is 14.8 Å². The number of aromatic nitrogens is 2. The SMILES string of the molecule is CNCCc1[nH]nc(-c2ccc3c(c2)OCO3)c1Br. The zero-order chi connectivity index (χ0) is 13.2. The highest BCUT2D eigenvalue weighted by molar-refractivity contribution is 9.10. The molecule has 0 aliphatic carbocycles. The number of rotatable bonds is 4. The van der Waals surface area contributed by atoms with Crippen molar-refractivity contribution in [3.05, 3.63) is 28.4 Å². The van der Waals surface area contributed by atoms with E-state index in [0.717, 1.165) is 45.9 Å². The number of aromatic amines is 1. The van der Waals surface area contributed by atoms with E-state index in [4.69, 9.17) is 9.47 Å². The van der Waals surface area contributed by atoms with E-state index in [2.05, 4.69) is 31.4 Å². The highest BCUT2D eigenvalue weighted by Gasteiger charge is 2.17. The van der Waals surface area contributed by atoms with Gasteiger partial charge in [0.25, 0.3) is 0 Å². The van der Waals surface area contributed by atoms with E-state index in [1.165, 1.54) is 0 Å². The van der Waals surface area contributed by atoms with Crippen molar-refractivity contribution in [2.45, 2.75) is 6.42 Å². The molecule has 19 heavy (non-hydrogen) atoms. The average Bonchev–Trinajstić information content (AvgIpc) is 3.02. The lowest BCUT2D eigenvalue weighted by Gasteiger charge is -2.01. The summed E-state index contributed by atoms with van der Waals surface area (Å²) < 4.78 is 11.7. The van der Waals surface area contributed by atoms with Crippen molar-refractivity contribution in [2.75, 3.05) is 20.4 Å². The zero-order valence-corrected chi connectivity index (χ0v) is 12.1. The molecule has 0 saturated heterocycles. The number of nitrogens with one attached hydrogen (secondary N) is 2. The Labute approximate surface area is 119 Å². The molecular weight excluding hydrogens is 310 g/mol. The van der Waals surface area contributed by atoms with Crippen molar-refractivity contribution in [3.63, 3.8) is 0 Å². The maximum absolute atomic E-state index is 5.39. The van der Waals surface area contributed by atoms with E-state index in [9.17, 15) is 0 Å². The maximum atomic E-state index is 5.39. The fourth-order valence-corrected chi connectivity index (χ4v) is 2.62. The molecule has 1 aromatic carbocycles. The molecule has 0 amide bonds. The first-order valence-corrected chi connectivity index (χ1v) is 6.86. The number of hydrogen-bond acceptors (Lipinski definition) is 4. The number of likely N-dealkylation sites (N-methyl/N-ethyl adjacent to an activating group) is 1. The Morgan fingerprint density at radius 3 is 3.05 bits per heavy atom. The lowest BCUT2D eigenvalue weighted by atomic mass is 10.1. The molecule has 0 unspecified atom stereocenters. The smallest absolute Gasteiger partial charge is 0.231 e. The lowest BCUT2D eigenvalue weighted by Crippen LogP contribution is -2.10. The van der Waals surface area contributed by atoms with E-state index in [1.807, 2.05) is 25.2 Å². The van der Waals surface area contributed by atoms with Gasteiger partial charge in [-0.2, -0.15) is 5.10 Å². The summed E-state index contributed by atoms with van der Waals surface area (Å²) in [6.07, 6.45) is 0.897. The standard InChI is InChI=1S/C13H14BrN3O2/c1-15-5-4-9-12(14)13(17-16-9)8-2-3-10-11(6-8)19-7-18-10/h2-3,6,15H,4-5,7H2,1H3,(H,16,17). The second-order valence-electron chi connectivity index (χ2n) is 4.29. The molecule has 0 fully saturated rings. The van der Waals surface area contributed by atoms with E-state index >= 15 is 0 Å². The summed E-state index contributed by atoms with van der Waals surface area (Å²) in [5.41, 5.74) is 2.98. The summed E-state index contributed by atoms with van der Waals surface area (Å²) in [5, 5.41) is 10.6. The quantitative estimate of drug-likeness (QED) is 0.906. The highest BCUT2D eigenvalue weighted by Crippen LogP contribution is 2.37. The number of ether oxygens (including phenoxy) is 2. The molecule has 5 nitrogen and oxygen atoms in total. The number of H-pyrrole nitrogens is 1. The molecule has 0 radical (unpaired) electrons. The van der Waals surface area contributed by atoms with Crippen molar-refractivity contribution >= 4 is 15.9 Å². The first-order chi connectivity index (χ1) is 9.29. The third-order valence-corrected chi connectivity index (χ3v) is 3.90. The van der Waals surface area contributed by atoms with Crippen LogP contribution in [0.15, 0.2) is 22.7 Å². The van der Waals surface area contributed by atoms with Gasteiger partial charge in [0, 0.05) is 18.5 Å². The minimum atomic E-state index is 0.286. The van der Waals surface area contributed by atoms with E-state index in [-0.39, 0.29) is 6.79 Å². The third kappa shape index (κ3) is 2.33. The molecule has 3 rings (SSSR count). The van der Waals surface area contributed by atoms with Crippen LogP contribution in [0.1, 0.15) is 5.69 Å². The molecule has 2 N–H and O–H groups in total. The highest BCUT2D eigenvalue weighted by atomic mass is 79.9. The van der Waals surface area contributed by atoms with Gasteiger partial charge in [-0.05, 0) is 41.2 Å². The van der Waals surface area contributed by atoms with E-state index in [0.29, 0.717) is 0 Å². The molecule has 1 aromatic heterocycles. The number of halogens is 1. The van der Waals surface area contributed by atoms with Gasteiger partial charge in [-0.1, -0.05) is 0 Å². The van der Waals surface area contributed by atoms with Crippen LogP contribution in [-0.2, 0) is 6.42 Å². The molecule has 2 heterocycles. The van der Waals surface area contributed by atoms with Gasteiger partial charge >= 0.3 is 0 Å². The van der Waals surface area contributed by atoms with E-state index < -0.39 is 0 Å². The summed E-state index contributed by atoms with van der Waals surface area (Å²) in [7, 11) is 1.93. The molecule has 0 bridgehead atoms. The Morgan fingerprint density at radius 2 is 2.21 bits per heavy atom. The van der Waals surface area contributed by atoms with Gasteiger partial charge in [0.1, 0.15) is 5.69 Å². The summed E-state index contributed by atoms with van der Waals surface area (Å²) in [5.74, 6) is 1.55. The second-order valence-corrected chi connectivity index (χ2v) is 5.08. The Balaban J connectivity index is 1.92. The van der Waals surface area contributed by atoms with Crippen LogP contribution in [-0.4, -0.2) is 30.6 Å². The largest absolute Gasteiger partial charge is 0.454 e. The van der Waals surface area contributed by atoms with Gasteiger partial charge < -0.3 is 14.8 Å². The molecule has 1 aliphatic rings. The van der Waals surface area contributed by atoms with Gasteiger partial charge in [0.2, 0.25) is 6.79 Å². The molecule has 0 spiro atoms. The Morgan fingerprint density at radius 1 is 1.37 bits per heavy atom. The zero-order valence-electron chi connectivity index (χ0n) is 10.5. The first kappa shape index (κ1) is 12.5. The van der Waals surface area contributed by atoms with Crippen molar-refractivity contribution in [3.8, 4) is 22.8 Å². The fraction of sp³-hybridized carbons (Fsp3) is 0.308. The van der Waals surface area contributed by atoms with Gasteiger partial charge in [-0.25, -0.2) is 0 Å². The summed E-state index contributed by atoms with van der Waals surface area (Å²) in [6.45, 7) is 1.19. The maximum Gasteiger partial charge on any atom is 0.231 e. The van der Waals surface area contributed by atoms with Crippen molar-refractivity contribution in [1.29, 1.82) is 0 Å². The molecule has 2 aromatic rings. The Hall–Kier alpha value is -1.53. The van der Waals surface area contributed by atoms with Crippen LogP contribution in [0.5, 0.6) is 11.5 Å². The molecule has 100 valence electrons. The van der Waals surface area contributed by atoms with E-state index in [1.54, 1.807) is 0 Å². The lowest BCUT2D eigenvalue weighted by molar-refractivity contribution is 0.174. The monoisotopic (exact) mass is 323 g/mol. The van der Waals surface area contributed by atoms with Crippen LogP contribution in [0.2, 0.25) is 0 Å². The Kier molecular flexibility index (Phi) is 3.44. The van der Waals surface area contributed by atoms with Gasteiger partial charge in [-0.3, -0.25) is 5.10 Å². The predicted molar refractivity (Wildman–Crippen MR) is 75.5 cm³/mol. The first-order valence-electron chi connectivity index (χ1n) is 6.07. The topological polar surface area (TPSA) is 59.2 Å². The summed E-state index contributed by atoms with van der Waals surface area (Å²) in [4.78, 5) is 0. The average molecular weight is 324 g/mol. The normalized spacial score (nSPS) is 12.9. The van der Waals surface area contributed by atoms with Crippen LogP contribution in [0.3, 0.4) is 0 Å². The Bertz CT molecular complexity index is 598. The van der Waals surface area contributed by atoms with Crippen LogP contribution >= 0.6 is 15.9 Å². The van der Waals surface area contributed by atoms with Crippen LogP contribution in [0.25, 0.3) is 11.3 Å². The third-order valence-electron chi connectivity index (χ3n) is 3.05. The number of hydrogen-bond donors (Lipinski definition) is 2. The summed E-state index contributed by atoms with van der Waals surface area (Å²) in [6, 6.07) is 5.84. The molecular formula is C13H14BrN3O2. The van der Waals surface area contributed by atoms with Crippen LogP contribution in [0.4, 0.5) is 0 Å². The van der Waals surface area contributed by atoms with Gasteiger partial charge in [0.15, 0.2) is 11.5 Å². The number of nitrogens with zero attached hydrogens (tertiary/aromatic N) is 1. The van der Waals surface area contributed by atoms with Crippen molar-refractivity contribution < 1.29 is 9.47 Å². The minimum Gasteiger partial charge on any atom is -0.454 e. The fourth-order valence-electron chi connectivity index (χ4n) is 2.02. The number of benzene rings is 1. The van der Waals surface area contributed by atoms with Crippen molar-refractivity contribution in [2.24, 2.45) is 0 Å². The minimum absolute atomic E-state index is 0.286. The van der Waals surface area contributed by atoms with Gasteiger partial charge in [0.05, 0.1) is 10.2 Å². The van der Waals surface area contributed by atoms with Gasteiger partial charge in [-0.15, -0.1) is 0 Å². The molecule has 6 heteroatoms. The molecule has 0 saturated carbocycles. The molecule has 1 aliphatic heterocycles. The second kappa shape index (κ2) is 5.22. The summed E-state index contributed by atoms with van der Waals surface area (Å²) >= 11 is 3.61.